The van der Waals surface area contributed by atoms with Crippen LogP contribution in [0.4, 0.5) is 11.6 Å². The second-order valence-electron chi connectivity index (χ2n) is 14.0. The molecule has 2 aliphatic heterocycles. The number of benzene rings is 1. The number of aliphatic hydroxyl groups is 1. The summed E-state index contributed by atoms with van der Waals surface area (Å²) >= 11 is 0. The number of ether oxygens (including phenoxy) is 3. The van der Waals surface area contributed by atoms with Crippen molar-refractivity contribution in [3.05, 3.63) is 84.0 Å². The van der Waals surface area contributed by atoms with Gasteiger partial charge in [-0.15, -0.1) is 6.58 Å². The normalized spacial score (nSPS) is 23.9. The number of phosphoric ester groups is 2. The van der Waals surface area contributed by atoms with Crippen LogP contribution in [0.2, 0.25) is 0 Å². The van der Waals surface area contributed by atoms with Gasteiger partial charge in [0.05, 0.1) is 26.1 Å². The Morgan fingerprint density at radius 2 is 1.75 bits per heavy atom. The monoisotopic (exact) mass is 951 g/mol. The van der Waals surface area contributed by atoms with E-state index in [1.54, 1.807) is 30.3 Å². The van der Waals surface area contributed by atoms with Crippen LogP contribution in [0, 0.1) is 0 Å². The third kappa shape index (κ3) is 13.8. The Morgan fingerprint density at radius 3 is 2.45 bits per heavy atom. The predicted octanol–water partition coefficient (Wildman–Crippen LogP) is -0.479. The molecule has 0 saturated carbocycles. The molecule has 0 spiro atoms. The minimum absolute atomic E-state index is 0.0136. The summed E-state index contributed by atoms with van der Waals surface area (Å²) in [7, 11) is -10.6. The van der Waals surface area contributed by atoms with Crippen molar-refractivity contribution in [1.29, 1.82) is 0 Å². The zero-order valence-electron chi connectivity index (χ0n) is 34.9. The highest BCUT2D eigenvalue weighted by Crippen LogP contribution is 2.49. The van der Waals surface area contributed by atoms with Gasteiger partial charge in [0.1, 0.15) is 54.3 Å². The van der Waals surface area contributed by atoms with Crippen LogP contribution in [-0.2, 0) is 57.7 Å². The van der Waals surface area contributed by atoms with Gasteiger partial charge in [-0.2, -0.15) is 4.98 Å². The maximum Gasteiger partial charge on any atom is 0.472 e. The molecule has 0 bridgehead atoms. The molecule has 354 valence electrons. The highest BCUT2D eigenvalue weighted by Gasteiger charge is 2.50. The summed E-state index contributed by atoms with van der Waals surface area (Å²) in [5.41, 5.74) is 11.4. The van der Waals surface area contributed by atoms with E-state index in [0.29, 0.717) is 12.0 Å². The molecule has 5 heterocycles. The van der Waals surface area contributed by atoms with E-state index in [9.17, 15) is 48.1 Å². The number of carbonyl (C=O) groups is 3. The number of aliphatic hydroxyl groups excluding tert-OH is 1. The molecule has 1 aromatic carbocycles. The molecule has 4 aromatic rings. The van der Waals surface area contributed by atoms with Crippen LogP contribution in [0.15, 0.2) is 72.7 Å². The molecule has 6 rings (SSSR count). The number of rotatable bonds is 20. The van der Waals surface area contributed by atoms with Gasteiger partial charge < -0.3 is 60.6 Å². The highest BCUT2D eigenvalue weighted by atomic mass is 31.2. The molecule has 3 aromatic heterocycles. The zero-order chi connectivity index (χ0) is 47.5. The fraction of sp³-hybridized carbons (Fsp3) is 0.459. The number of hydrogen-bond donors (Lipinski definition) is 7. The molecule has 2 saturated heterocycles. The topological polar surface area (TPSA) is 379 Å². The molecule has 28 heteroatoms. The second-order valence-corrected chi connectivity index (χ2v) is 16.6. The van der Waals surface area contributed by atoms with E-state index < -0.39 is 108 Å². The number of nitrogen functional groups attached to an aromatic ring is 2. The van der Waals surface area contributed by atoms with Crippen molar-refractivity contribution in [1.82, 2.24) is 39.7 Å². The van der Waals surface area contributed by atoms with E-state index >= 15 is 0 Å². The van der Waals surface area contributed by atoms with Crippen molar-refractivity contribution in [3.8, 4) is 0 Å². The highest BCUT2D eigenvalue weighted by molar-refractivity contribution is 7.47. The van der Waals surface area contributed by atoms with Crippen LogP contribution in [0.3, 0.4) is 0 Å². The van der Waals surface area contributed by atoms with Gasteiger partial charge in [0.15, 0.2) is 23.8 Å². The third-order valence-corrected chi connectivity index (χ3v) is 11.0. The third-order valence-electron chi connectivity index (χ3n) is 9.56. The van der Waals surface area contributed by atoms with E-state index in [2.05, 4.69) is 41.7 Å². The number of nitrogens with one attached hydrogen (secondary N) is 2. The number of esters is 1. The summed E-state index contributed by atoms with van der Waals surface area (Å²) in [6, 6.07) is 8.35. The van der Waals surface area contributed by atoms with Gasteiger partial charge in [-0.05, 0) is 18.1 Å². The van der Waals surface area contributed by atoms with Gasteiger partial charge in [0, 0.05) is 25.5 Å². The second kappa shape index (κ2) is 22.6. The summed E-state index contributed by atoms with van der Waals surface area (Å²) in [6.07, 6.45) is -5.76. The minimum Gasteiger partial charge on any atom is -0.756 e. The van der Waals surface area contributed by atoms with E-state index in [4.69, 9.17) is 34.7 Å². The zero-order valence-corrected chi connectivity index (χ0v) is 36.7. The Labute approximate surface area is 370 Å². The Morgan fingerprint density at radius 1 is 1.03 bits per heavy atom. The Hall–Kier alpha value is -5.50. The van der Waals surface area contributed by atoms with Crippen molar-refractivity contribution in [2.24, 2.45) is 0 Å². The minimum atomic E-state index is -5.34. The number of phosphoric acid groups is 2. The summed E-state index contributed by atoms with van der Waals surface area (Å²) in [5.74, 6) is -2.41. The number of carbonyl (C=O) groups excluding carboxylic acids is 3. The van der Waals surface area contributed by atoms with Gasteiger partial charge >= 0.3 is 19.5 Å². The number of hydrogen-bond acceptors (Lipinski definition) is 20. The molecular weight excluding hydrogens is 902 g/mol. The number of anilines is 2. The Bertz CT molecular complexity index is 2440. The first kappa shape index (κ1) is 50.5. The van der Waals surface area contributed by atoms with Crippen LogP contribution in [0.5, 0.6) is 0 Å². The molecule has 9 N–H and O–H groups in total. The molecule has 65 heavy (non-hydrogen) atoms. The molecule has 10 atom stereocenters. The van der Waals surface area contributed by atoms with Gasteiger partial charge in [0.25, 0.3) is 7.82 Å². The molecule has 2 fully saturated rings. The number of nitrogens with zero attached hydrogens (tertiary/aromatic N) is 6. The Kier molecular flexibility index (Phi) is 17.6. The first-order valence-corrected chi connectivity index (χ1v) is 22.9. The molecule has 26 nitrogen and oxygen atoms in total. The van der Waals surface area contributed by atoms with E-state index in [0.717, 1.165) is 10.9 Å². The van der Waals surface area contributed by atoms with E-state index in [-0.39, 0.29) is 42.1 Å². The SMILES string of the molecule is C=CCCC(=O)NCC(=O)N[C@@H](Cc1ccccc1)C(=O)OC1[C@@H](COP(=O)(O)OC2C[C@H](n3ccc(N)nc3=O)O[C@@H]2COP(=O)([O-])O)O[C@@H](n2cnc3c(N)ncnc32)[C@H]1O.CC. The van der Waals surface area contributed by atoms with E-state index in [1.165, 1.54) is 29.2 Å². The molecule has 2 amide bonds. The first-order valence-electron chi connectivity index (χ1n) is 19.9. The van der Waals surface area contributed by atoms with Gasteiger partial charge in [-0.1, -0.05) is 50.3 Å². The quantitative estimate of drug-likeness (QED) is 0.0334. The fourth-order valence-corrected chi connectivity index (χ4v) is 7.90. The van der Waals surface area contributed by atoms with Crippen molar-refractivity contribution in [3.63, 3.8) is 0 Å². The van der Waals surface area contributed by atoms with Crippen molar-refractivity contribution in [2.75, 3.05) is 31.2 Å². The largest absolute Gasteiger partial charge is 0.756 e. The van der Waals surface area contributed by atoms with Gasteiger partial charge in [-0.3, -0.25) is 32.3 Å². The van der Waals surface area contributed by atoms with E-state index in [1.807, 2.05) is 13.8 Å². The smallest absolute Gasteiger partial charge is 0.472 e. The van der Waals surface area contributed by atoms with Crippen molar-refractivity contribution in [2.45, 2.75) is 88.5 Å². The number of amides is 2. The lowest BCUT2D eigenvalue weighted by Crippen LogP contribution is -2.49. The first-order chi connectivity index (χ1) is 30.9. The predicted molar refractivity (Wildman–Crippen MR) is 223 cm³/mol. The maximum atomic E-state index is 14.0. The number of allylic oxidation sites excluding steroid dienone is 1. The standard InChI is InChI=1S/C35H44N10O16P2.C2H6/c1-2-3-9-25(46)38-14-26(47)42-20(12-19-7-5-4-6-8-19)34(49)60-30-23(59-33(29(30)48)45-18-41-28-31(37)39-17-40-32(28)45)16-57-63(54,55)61-21-13-27(44-11-10-24(36)43-35(44)50)58-22(21)15-56-62(51,52)53;1-2/h2,4-8,10-11,17-18,20-23,27,29-30,33,48H,1,3,9,12-16H2,(H,38,46)(H,42,47)(H,54,55)(H2,36,43,50)(H2,37,39,40)(H2,51,52,53);1-2H3/p-1/t20-,21?,22+,23+,27+,29-,30?,33+;/m0./s1. The number of aromatic nitrogens is 6. The van der Waals surface area contributed by atoms with Crippen LogP contribution in [0.1, 0.15) is 51.1 Å². The summed E-state index contributed by atoms with van der Waals surface area (Å²) in [6.45, 7) is 5.20. The summed E-state index contributed by atoms with van der Waals surface area (Å²) in [5, 5.41) is 16.7. The van der Waals surface area contributed by atoms with Crippen molar-refractivity contribution >= 4 is 56.2 Å². The van der Waals surface area contributed by atoms with Crippen LogP contribution < -0.4 is 32.7 Å². The van der Waals surface area contributed by atoms with Gasteiger partial charge in [-0.25, -0.2) is 29.1 Å². The lowest BCUT2D eigenvalue weighted by Gasteiger charge is -2.26. The number of fused-ring (bicyclic) bond motifs is 1. The summed E-state index contributed by atoms with van der Waals surface area (Å²) < 4.78 is 59.8. The van der Waals surface area contributed by atoms with Crippen LogP contribution in [-0.4, -0.2) is 118 Å². The average Bonchev–Trinajstić information content (AvgIpc) is 3.96. The number of imidazole rings is 1. The van der Waals surface area contributed by atoms with Crippen LogP contribution in [0.25, 0.3) is 11.2 Å². The molecule has 4 unspecified atom stereocenters. The lowest BCUT2D eigenvalue weighted by atomic mass is 10.1. The number of nitrogens with two attached hydrogens (primary N) is 2. The Balaban J connectivity index is 0.00000391. The van der Waals surface area contributed by atoms with Gasteiger partial charge in [0.2, 0.25) is 11.8 Å². The molecule has 2 aliphatic rings. The maximum absolute atomic E-state index is 14.0. The average molecular weight is 952 g/mol. The molecule has 0 radical (unpaired) electrons. The molecule has 0 aliphatic carbocycles. The lowest BCUT2D eigenvalue weighted by molar-refractivity contribution is -0.222. The fourth-order valence-electron chi connectivity index (χ4n) is 6.60. The summed E-state index contributed by atoms with van der Waals surface area (Å²) in [4.78, 5) is 99.1. The molecular formula is C37H49N10O16P2-. The van der Waals surface area contributed by atoms with Crippen LogP contribution >= 0.6 is 15.6 Å². The van der Waals surface area contributed by atoms with Crippen molar-refractivity contribution < 1.29 is 71.1 Å².